The van der Waals surface area contributed by atoms with E-state index in [4.69, 9.17) is 4.74 Å². The van der Waals surface area contributed by atoms with Gasteiger partial charge in [-0.05, 0) is 38.5 Å². The number of carbonyl (C=O) groups is 1. The van der Waals surface area contributed by atoms with Crippen molar-refractivity contribution < 1.29 is 18.3 Å². The highest BCUT2D eigenvalue weighted by Gasteiger charge is 2.15. The van der Waals surface area contributed by atoms with Crippen LogP contribution in [0.1, 0.15) is 26.3 Å². The number of halogens is 2. The van der Waals surface area contributed by atoms with Crippen LogP contribution in [0.4, 0.5) is 8.78 Å². The van der Waals surface area contributed by atoms with Gasteiger partial charge in [-0.2, -0.15) is 0 Å². The Kier molecular flexibility index (Phi) is 4.78. The quantitative estimate of drug-likeness (QED) is 0.842. The molecule has 1 N–H and O–H groups in total. The fourth-order valence-corrected chi connectivity index (χ4v) is 1.34. The molecule has 0 bridgehead atoms. The molecule has 0 saturated carbocycles. The fraction of sp³-hybridized carbons (Fsp3) is 0.462. The average Bonchev–Trinajstić information content (AvgIpc) is 2.20. The third kappa shape index (κ3) is 5.23. The zero-order valence-corrected chi connectivity index (χ0v) is 10.7. The first-order valence-corrected chi connectivity index (χ1v) is 5.64. The second kappa shape index (κ2) is 5.91. The van der Waals surface area contributed by atoms with Crippen LogP contribution in [0.3, 0.4) is 0 Å². The summed E-state index contributed by atoms with van der Waals surface area (Å²) < 4.78 is 30.6. The number of ether oxygens (including phenoxy) is 1. The predicted molar refractivity (Wildman–Crippen MR) is 63.9 cm³/mol. The van der Waals surface area contributed by atoms with E-state index in [1.807, 2.05) is 0 Å². The molecule has 0 spiro atoms. The third-order valence-corrected chi connectivity index (χ3v) is 2.00. The number of carbonyl (C=O) groups excluding carboxylic acids is 1. The summed E-state index contributed by atoms with van der Waals surface area (Å²) in [4.78, 5) is 11.4. The first-order valence-electron chi connectivity index (χ1n) is 5.64. The van der Waals surface area contributed by atoms with Crippen molar-refractivity contribution in [2.45, 2.75) is 32.9 Å². The zero-order valence-electron chi connectivity index (χ0n) is 10.7. The fourth-order valence-electron chi connectivity index (χ4n) is 1.34. The molecule has 0 radical (unpaired) electrons. The maximum atomic E-state index is 12.9. The van der Waals surface area contributed by atoms with Gasteiger partial charge in [0.1, 0.15) is 5.60 Å². The van der Waals surface area contributed by atoms with Crippen molar-refractivity contribution in [2.75, 3.05) is 6.54 Å². The Bertz CT molecular complexity index is 427. The topological polar surface area (TPSA) is 38.3 Å². The van der Waals surface area contributed by atoms with Gasteiger partial charge >= 0.3 is 5.97 Å². The van der Waals surface area contributed by atoms with Crippen LogP contribution in [0.5, 0.6) is 0 Å². The molecule has 100 valence electrons. The van der Waals surface area contributed by atoms with Gasteiger partial charge in [0, 0.05) is 6.54 Å². The van der Waals surface area contributed by atoms with Gasteiger partial charge in [-0.1, -0.05) is 6.07 Å². The van der Waals surface area contributed by atoms with Gasteiger partial charge in [-0.3, -0.25) is 4.79 Å². The number of nitrogens with one attached hydrogen (secondary N) is 1. The largest absolute Gasteiger partial charge is 0.459 e. The van der Waals surface area contributed by atoms with Gasteiger partial charge < -0.3 is 10.1 Å². The molecule has 0 unspecified atom stereocenters. The lowest BCUT2D eigenvalue weighted by Gasteiger charge is -2.19. The Morgan fingerprint density at radius 3 is 2.50 bits per heavy atom. The van der Waals surface area contributed by atoms with Crippen LogP contribution in [0.2, 0.25) is 0 Å². The summed E-state index contributed by atoms with van der Waals surface area (Å²) in [5.74, 6) is -2.16. The first-order chi connectivity index (χ1) is 8.28. The van der Waals surface area contributed by atoms with Gasteiger partial charge in [-0.15, -0.1) is 0 Å². The monoisotopic (exact) mass is 257 g/mol. The van der Waals surface area contributed by atoms with E-state index in [2.05, 4.69) is 5.32 Å². The lowest BCUT2D eigenvalue weighted by molar-refractivity contribution is -0.153. The van der Waals surface area contributed by atoms with Gasteiger partial charge in [0.25, 0.3) is 0 Å². The first kappa shape index (κ1) is 14.6. The summed E-state index contributed by atoms with van der Waals surface area (Å²) in [6.45, 7) is 5.63. The number of esters is 1. The minimum absolute atomic E-state index is 0.0241. The normalized spacial score (nSPS) is 11.4. The lowest BCUT2D eigenvalue weighted by atomic mass is 10.2. The Morgan fingerprint density at radius 1 is 1.28 bits per heavy atom. The maximum absolute atomic E-state index is 12.9. The van der Waals surface area contributed by atoms with E-state index in [-0.39, 0.29) is 19.1 Å². The molecule has 0 aromatic heterocycles. The highest BCUT2D eigenvalue weighted by Crippen LogP contribution is 2.09. The Balaban J connectivity index is 2.38. The molecule has 0 aliphatic heterocycles. The van der Waals surface area contributed by atoms with E-state index < -0.39 is 17.2 Å². The number of rotatable bonds is 4. The van der Waals surface area contributed by atoms with E-state index in [1.165, 1.54) is 6.07 Å². The molecular formula is C13H17F2NO2. The highest BCUT2D eigenvalue weighted by atomic mass is 19.2. The van der Waals surface area contributed by atoms with Gasteiger partial charge in [0.2, 0.25) is 0 Å². The number of benzene rings is 1. The van der Waals surface area contributed by atoms with E-state index >= 15 is 0 Å². The molecule has 0 aliphatic carbocycles. The van der Waals surface area contributed by atoms with Crippen LogP contribution in [0.15, 0.2) is 18.2 Å². The van der Waals surface area contributed by atoms with Crippen LogP contribution in [-0.2, 0) is 16.1 Å². The molecule has 1 aromatic rings. The highest BCUT2D eigenvalue weighted by molar-refractivity contribution is 5.72. The van der Waals surface area contributed by atoms with Crippen LogP contribution in [0.25, 0.3) is 0 Å². The molecule has 1 rings (SSSR count). The minimum atomic E-state index is -0.897. The van der Waals surface area contributed by atoms with E-state index in [0.29, 0.717) is 5.56 Å². The number of hydrogen-bond donors (Lipinski definition) is 1. The molecule has 0 fully saturated rings. The second-order valence-corrected chi connectivity index (χ2v) is 4.94. The van der Waals surface area contributed by atoms with Gasteiger partial charge in [-0.25, -0.2) is 8.78 Å². The van der Waals surface area contributed by atoms with Crippen LogP contribution >= 0.6 is 0 Å². The van der Waals surface area contributed by atoms with Crippen molar-refractivity contribution in [3.05, 3.63) is 35.4 Å². The van der Waals surface area contributed by atoms with Crippen molar-refractivity contribution >= 4 is 5.97 Å². The third-order valence-electron chi connectivity index (χ3n) is 2.00. The van der Waals surface area contributed by atoms with E-state index in [1.54, 1.807) is 20.8 Å². The minimum Gasteiger partial charge on any atom is -0.459 e. The summed E-state index contributed by atoms with van der Waals surface area (Å²) in [5.41, 5.74) is 0.0401. The SMILES string of the molecule is CC(C)(C)OC(=O)CNCc1ccc(F)c(F)c1. The molecule has 0 heterocycles. The van der Waals surface area contributed by atoms with Crippen molar-refractivity contribution in [3.8, 4) is 0 Å². The van der Waals surface area contributed by atoms with Crippen LogP contribution in [-0.4, -0.2) is 18.1 Å². The van der Waals surface area contributed by atoms with Crippen molar-refractivity contribution in [1.82, 2.24) is 5.32 Å². The smallest absolute Gasteiger partial charge is 0.320 e. The van der Waals surface area contributed by atoms with Crippen molar-refractivity contribution in [2.24, 2.45) is 0 Å². The summed E-state index contributed by atoms with van der Waals surface area (Å²) in [7, 11) is 0. The molecule has 0 amide bonds. The summed E-state index contributed by atoms with van der Waals surface area (Å²) >= 11 is 0. The molecule has 0 atom stereocenters. The average molecular weight is 257 g/mol. The summed E-state index contributed by atoms with van der Waals surface area (Å²) in [6, 6.07) is 3.61. The van der Waals surface area contributed by atoms with Crippen molar-refractivity contribution in [1.29, 1.82) is 0 Å². The number of hydrogen-bond acceptors (Lipinski definition) is 3. The van der Waals surface area contributed by atoms with Gasteiger partial charge in [0.15, 0.2) is 11.6 Å². The lowest BCUT2D eigenvalue weighted by Crippen LogP contribution is -2.31. The second-order valence-electron chi connectivity index (χ2n) is 4.94. The molecule has 1 aromatic carbocycles. The Labute approximate surface area is 105 Å². The Morgan fingerprint density at radius 2 is 1.94 bits per heavy atom. The van der Waals surface area contributed by atoms with Crippen LogP contribution < -0.4 is 5.32 Å². The summed E-state index contributed by atoms with van der Waals surface area (Å²) in [5, 5.41) is 2.81. The Hall–Kier alpha value is -1.49. The van der Waals surface area contributed by atoms with E-state index in [9.17, 15) is 13.6 Å². The summed E-state index contributed by atoms with van der Waals surface area (Å²) in [6.07, 6.45) is 0. The maximum Gasteiger partial charge on any atom is 0.320 e. The van der Waals surface area contributed by atoms with Crippen molar-refractivity contribution in [3.63, 3.8) is 0 Å². The van der Waals surface area contributed by atoms with E-state index in [0.717, 1.165) is 12.1 Å². The molecule has 0 saturated heterocycles. The molecule has 3 nitrogen and oxygen atoms in total. The molecule has 0 aliphatic rings. The standard InChI is InChI=1S/C13H17F2NO2/c1-13(2,3)18-12(17)8-16-7-9-4-5-10(14)11(15)6-9/h4-6,16H,7-8H2,1-3H3. The molecule has 18 heavy (non-hydrogen) atoms. The van der Waals surface area contributed by atoms with Crippen LogP contribution in [0, 0.1) is 11.6 Å². The predicted octanol–water partition coefficient (Wildman–Crippen LogP) is 2.40. The zero-order chi connectivity index (χ0) is 13.8. The molecule has 5 heteroatoms. The molecular weight excluding hydrogens is 240 g/mol. The van der Waals surface area contributed by atoms with Gasteiger partial charge in [0.05, 0.1) is 6.54 Å².